The molecule has 0 amide bonds. The molecule has 0 spiro atoms. The van der Waals surface area contributed by atoms with Crippen molar-refractivity contribution in [1.82, 2.24) is 0 Å². The molecule has 5 heteroatoms. The molecule has 0 aromatic heterocycles. The van der Waals surface area contributed by atoms with Crippen LogP contribution in [0.5, 0.6) is 0 Å². The lowest BCUT2D eigenvalue weighted by Gasteiger charge is -2.54. The van der Waals surface area contributed by atoms with Gasteiger partial charge in [-0.2, -0.15) is 0 Å². The molecular weight excluding hydrogens is 320 g/mol. The SMILES string of the molecule is CC=C(C)C(=O)OC1CCC2CC3(O)OC(=O)C(C)=C3CC2(C)C1C. The van der Waals surface area contributed by atoms with Gasteiger partial charge in [-0.3, -0.25) is 0 Å². The lowest BCUT2D eigenvalue weighted by Crippen LogP contribution is -2.54. The average Bonchev–Trinajstić information content (AvgIpc) is 2.78. The van der Waals surface area contributed by atoms with E-state index in [1.807, 2.05) is 6.92 Å². The standard InChI is InChI=1S/C20H28O5/c1-6-11(2)17(21)24-16-8-7-14-9-20(23)15(12(3)18(22)25-20)10-19(14,5)13(16)4/h6,13-14,16,23H,7-10H2,1-5H3. The number of hydrogen-bond acceptors (Lipinski definition) is 5. The first-order chi connectivity index (χ1) is 11.6. The van der Waals surface area contributed by atoms with Gasteiger partial charge in [0.25, 0.3) is 0 Å². The van der Waals surface area contributed by atoms with Crippen LogP contribution in [0, 0.1) is 17.3 Å². The second-order valence-electron chi connectivity index (χ2n) is 8.14. The number of carbonyl (C=O) groups excluding carboxylic acids is 2. The summed E-state index contributed by atoms with van der Waals surface area (Å²) in [4.78, 5) is 24.1. The Morgan fingerprint density at radius 1 is 1.40 bits per heavy atom. The van der Waals surface area contributed by atoms with E-state index in [1.165, 1.54) is 0 Å². The highest BCUT2D eigenvalue weighted by Gasteiger charge is 2.59. The van der Waals surface area contributed by atoms with Gasteiger partial charge in [0, 0.05) is 23.1 Å². The number of rotatable bonds is 2. The molecule has 5 nitrogen and oxygen atoms in total. The Hall–Kier alpha value is -1.62. The summed E-state index contributed by atoms with van der Waals surface area (Å²) in [6.07, 6.45) is 4.27. The van der Waals surface area contributed by atoms with E-state index < -0.39 is 11.8 Å². The molecule has 0 saturated heterocycles. The Labute approximate surface area is 149 Å². The normalized spacial score (nSPS) is 41.1. The maximum Gasteiger partial charge on any atom is 0.336 e. The molecular formula is C20H28O5. The third kappa shape index (κ3) is 2.73. The number of aliphatic hydroxyl groups is 1. The van der Waals surface area contributed by atoms with Crippen molar-refractivity contribution in [1.29, 1.82) is 0 Å². The van der Waals surface area contributed by atoms with E-state index in [0.29, 0.717) is 29.6 Å². The number of fused-ring (bicyclic) bond motifs is 2. The van der Waals surface area contributed by atoms with Gasteiger partial charge >= 0.3 is 11.9 Å². The van der Waals surface area contributed by atoms with Gasteiger partial charge < -0.3 is 14.6 Å². The highest BCUT2D eigenvalue weighted by atomic mass is 16.7. The molecule has 0 aromatic carbocycles. The second-order valence-corrected chi connectivity index (χ2v) is 8.14. The Kier molecular flexibility index (Phi) is 4.34. The molecule has 5 atom stereocenters. The van der Waals surface area contributed by atoms with Crippen molar-refractivity contribution in [3.63, 3.8) is 0 Å². The summed E-state index contributed by atoms with van der Waals surface area (Å²) in [6, 6.07) is 0. The van der Waals surface area contributed by atoms with E-state index in [9.17, 15) is 14.7 Å². The van der Waals surface area contributed by atoms with Gasteiger partial charge in [0.15, 0.2) is 0 Å². The summed E-state index contributed by atoms with van der Waals surface area (Å²) in [6.45, 7) is 9.61. The Morgan fingerprint density at radius 3 is 2.72 bits per heavy atom. The predicted octanol–water partition coefficient (Wildman–Crippen LogP) is 3.27. The van der Waals surface area contributed by atoms with E-state index in [4.69, 9.17) is 9.47 Å². The lowest BCUT2D eigenvalue weighted by molar-refractivity contribution is -0.211. The molecule has 1 aliphatic heterocycles. The van der Waals surface area contributed by atoms with Crippen LogP contribution in [0.4, 0.5) is 0 Å². The molecule has 0 aromatic rings. The molecule has 0 bridgehead atoms. The van der Waals surface area contributed by atoms with Crippen LogP contribution < -0.4 is 0 Å². The van der Waals surface area contributed by atoms with Crippen LogP contribution >= 0.6 is 0 Å². The van der Waals surface area contributed by atoms with Gasteiger partial charge in [-0.25, -0.2) is 9.59 Å². The molecule has 3 rings (SSSR count). The zero-order valence-corrected chi connectivity index (χ0v) is 15.7. The quantitative estimate of drug-likeness (QED) is 0.612. The van der Waals surface area contributed by atoms with Gasteiger partial charge in [-0.1, -0.05) is 19.9 Å². The minimum atomic E-state index is -1.43. The van der Waals surface area contributed by atoms with Gasteiger partial charge in [-0.15, -0.1) is 0 Å². The predicted molar refractivity (Wildman–Crippen MR) is 92.3 cm³/mol. The zero-order valence-electron chi connectivity index (χ0n) is 15.7. The number of esters is 2. The summed E-state index contributed by atoms with van der Waals surface area (Å²) in [5, 5.41) is 10.8. The van der Waals surface area contributed by atoms with E-state index in [2.05, 4.69) is 13.8 Å². The molecule has 5 unspecified atom stereocenters. The van der Waals surface area contributed by atoms with E-state index >= 15 is 0 Å². The number of allylic oxidation sites excluding steroid dienone is 1. The number of hydrogen-bond donors (Lipinski definition) is 1. The van der Waals surface area contributed by atoms with Crippen molar-refractivity contribution in [2.45, 2.75) is 72.2 Å². The zero-order chi connectivity index (χ0) is 18.6. The van der Waals surface area contributed by atoms with Gasteiger partial charge in [-0.05, 0) is 57.3 Å². The van der Waals surface area contributed by atoms with E-state index in [-0.39, 0.29) is 29.3 Å². The van der Waals surface area contributed by atoms with Crippen LogP contribution in [-0.2, 0) is 19.1 Å². The topological polar surface area (TPSA) is 72.8 Å². The molecule has 2 saturated carbocycles. The van der Waals surface area contributed by atoms with Crippen LogP contribution in [0.3, 0.4) is 0 Å². The smallest absolute Gasteiger partial charge is 0.336 e. The minimum Gasteiger partial charge on any atom is -0.459 e. The Morgan fingerprint density at radius 2 is 2.08 bits per heavy atom. The molecule has 138 valence electrons. The fourth-order valence-electron chi connectivity index (χ4n) is 4.75. The fraction of sp³-hybridized carbons (Fsp3) is 0.700. The third-order valence-corrected chi connectivity index (χ3v) is 6.92. The molecule has 25 heavy (non-hydrogen) atoms. The van der Waals surface area contributed by atoms with E-state index in [1.54, 1.807) is 19.9 Å². The molecule has 1 heterocycles. The van der Waals surface area contributed by atoms with Crippen molar-refractivity contribution in [2.75, 3.05) is 0 Å². The largest absolute Gasteiger partial charge is 0.459 e. The van der Waals surface area contributed by atoms with Crippen LogP contribution in [0.1, 0.15) is 60.3 Å². The van der Waals surface area contributed by atoms with Gasteiger partial charge in [0.2, 0.25) is 5.79 Å². The summed E-state index contributed by atoms with van der Waals surface area (Å²) in [5.74, 6) is -1.74. The molecule has 2 fully saturated rings. The highest BCUT2D eigenvalue weighted by Crippen LogP contribution is 2.59. The van der Waals surface area contributed by atoms with Crippen molar-refractivity contribution >= 4 is 11.9 Å². The lowest BCUT2D eigenvalue weighted by atomic mass is 9.53. The number of carbonyl (C=O) groups is 2. The highest BCUT2D eigenvalue weighted by molar-refractivity contribution is 5.92. The third-order valence-electron chi connectivity index (χ3n) is 6.92. The van der Waals surface area contributed by atoms with Crippen molar-refractivity contribution < 1.29 is 24.2 Å². The van der Waals surface area contributed by atoms with Crippen molar-refractivity contribution in [2.24, 2.45) is 17.3 Å². The van der Waals surface area contributed by atoms with Gasteiger partial charge in [0.1, 0.15) is 6.10 Å². The van der Waals surface area contributed by atoms with E-state index in [0.717, 1.165) is 12.8 Å². The molecule has 1 N–H and O–H groups in total. The first-order valence-electron chi connectivity index (χ1n) is 9.12. The first-order valence-corrected chi connectivity index (χ1v) is 9.12. The van der Waals surface area contributed by atoms with Gasteiger partial charge in [0.05, 0.1) is 0 Å². The van der Waals surface area contributed by atoms with Crippen LogP contribution in [0.2, 0.25) is 0 Å². The average molecular weight is 348 g/mol. The summed E-state index contributed by atoms with van der Waals surface area (Å²) < 4.78 is 11.1. The summed E-state index contributed by atoms with van der Waals surface area (Å²) >= 11 is 0. The van der Waals surface area contributed by atoms with Crippen molar-refractivity contribution in [3.05, 3.63) is 22.8 Å². The Balaban J connectivity index is 1.85. The fourth-order valence-corrected chi connectivity index (χ4v) is 4.75. The first kappa shape index (κ1) is 18.2. The second kappa shape index (κ2) is 5.97. The van der Waals surface area contributed by atoms with Crippen molar-refractivity contribution in [3.8, 4) is 0 Å². The van der Waals surface area contributed by atoms with Crippen LogP contribution in [0.15, 0.2) is 22.8 Å². The maximum atomic E-state index is 12.2. The monoisotopic (exact) mass is 348 g/mol. The summed E-state index contributed by atoms with van der Waals surface area (Å²) in [7, 11) is 0. The van der Waals surface area contributed by atoms with Crippen LogP contribution in [0.25, 0.3) is 0 Å². The molecule has 0 radical (unpaired) electrons. The molecule has 2 aliphatic carbocycles. The Bertz CT molecular complexity index is 676. The van der Waals surface area contributed by atoms with Crippen LogP contribution in [-0.4, -0.2) is 28.9 Å². The molecule has 3 aliphatic rings. The minimum absolute atomic E-state index is 0.135. The summed E-state index contributed by atoms with van der Waals surface area (Å²) in [5.41, 5.74) is 1.72. The maximum absolute atomic E-state index is 12.2. The number of ether oxygens (including phenoxy) is 2.